The van der Waals surface area contributed by atoms with Gasteiger partial charge in [-0.15, -0.1) is 0 Å². The second kappa shape index (κ2) is 5.85. The van der Waals surface area contributed by atoms with Crippen LogP contribution >= 0.6 is 0 Å². The molecule has 17 heavy (non-hydrogen) atoms. The maximum atomic E-state index is 11.7. The number of esters is 1. The van der Waals surface area contributed by atoms with Gasteiger partial charge < -0.3 is 10.1 Å². The average Bonchev–Trinajstić information content (AvgIpc) is 2.95. The molecule has 0 spiro atoms. The molecule has 4 atom stereocenters. The zero-order valence-electron chi connectivity index (χ0n) is 11.1. The highest BCUT2D eigenvalue weighted by molar-refractivity contribution is 5.75. The van der Waals surface area contributed by atoms with Crippen LogP contribution in [-0.4, -0.2) is 25.2 Å². The first-order valence-electron chi connectivity index (χ1n) is 7.08. The molecule has 1 N–H and O–H groups in total. The van der Waals surface area contributed by atoms with Gasteiger partial charge in [0.25, 0.3) is 0 Å². The smallest absolute Gasteiger partial charge is 0.322 e. The third-order valence-electron chi connectivity index (χ3n) is 4.49. The van der Waals surface area contributed by atoms with E-state index in [4.69, 9.17) is 4.74 Å². The lowest BCUT2D eigenvalue weighted by molar-refractivity contribution is -0.143. The fourth-order valence-corrected chi connectivity index (χ4v) is 3.53. The normalized spacial score (nSPS) is 32.7. The summed E-state index contributed by atoms with van der Waals surface area (Å²) in [5.74, 6) is 1.65. The van der Waals surface area contributed by atoms with Crippen molar-refractivity contribution in [2.45, 2.75) is 64.0 Å². The Morgan fingerprint density at radius 2 is 2.24 bits per heavy atom. The molecular weight excluding hydrogens is 214 g/mol. The molecule has 2 fully saturated rings. The van der Waals surface area contributed by atoms with E-state index in [0.717, 1.165) is 31.1 Å². The van der Waals surface area contributed by atoms with Gasteiger partial charge in [-0.05, 0) is 37.5 Å². The Morgan fingerprint density at radius 3 is 2.76 bits per heavy atom. The Labute approximate surface area is 104 Å². The predicted molar refractivity (Wildman–Crippen MR) is 67.7 cm³/mol. The van der Waals surface area contributed by atoms with Crippen LogP contribution in [0.3, 0.4) is 0 Å². The highest BCUT2D eigenvalue weighted by atomic mass is 16.5. The summed E-state index contributed by atoms with van der Waals surface area (Å²) in [5, 5.41) is 3.56. The van der Waals surface area contributed by atoms with E-state index < -0.39 is 0 Å². The van der Waals surface area contributed by atoms with Crippen molar-refractivity contribution >= 4 is 5.97 Å². The lowest BCUT2D eigenvalue weighted by Gasteiger charge is -2.27. The minimum Gasteiger partial charge on any atom is -0.468 e. The number of methoxy groups -OCH3 is 1. The Kier molecular flexibility index (Phi) is 4.43. The molecular formula is C14H25NO2. The molecule has 0 heterocycles. The SMILES string of the molecule is CCCCC(NC1CC2CCC1C2)C(=O)OC. The van der Waals surface area contributed by atoms with Crippen molar-refractivity contribution in [2.24, 2.45) is 11.8 Å². The number of carbonyl (C=O) groups excluding carboxylic acids is 1. The predicted octanol–water partition coefficient (Wildman–Crippen LogP) is 2.50. The van der Waals surface area contributed by atoms with E-state index in [1.165, 1.54) is 32.8 Å². The van der Waals surface area contributed by atoms with Crippen LogP contribution in [0.5, 0.6) is 0 Å². The van der Waals surface area contributed by atoms with E-state index in [0.29, 0.717) is 6.04 Å². The standard InChI is InChI=1S/C14H25NO2/c1-3-4-5-12(14(16)17-2)15-13-9-10-6-7-11(13)8-10/h10-13,15H,3-9H2,1-2H3. The lowest BCUT2D eigenvalue weighted by Crippen LogP contribution is -2.46. The maximum absolute atomic E-state index is 11.7. The Balaban J connectivity index is 1.86. The van der Waals surface area contributed by atoms with E-state index >= 15 is 0 Å². The summed E-state index contributed by atoms with van der Waals surface area (Å²) in [5.41, 5.74) is 0. The van der Waals surface area contributed by atoms with E-state index in [-0.39, 0.29) is 12.0 Å². The largest absolute Gasteiger partial charge is 0.468 e. The summed E-state index contributed by atoms with van der Waals surface area (Å²) in [7, 11) is 1.49. The minimum absolute atomic E-state index is 0.0794. The van der Waals surface area contributed by atoms with Gasteiger partial charge in [0.15, 0.2) is 0 Å². The molecule has 0 saturated heterocycles. The molecule has 0 aromatic heterocycles. The summed E-state index contributed by atoms with van der Waals surface area (Å²) in [6.07, 6.45) is 8.53. The third kappa shape index (κ3) is 3.01. The van der Waals surface area contributed by atoms with E-state index in [9.17, 15) is 4.79 Å². The Hall–Kier alpha value is -0.570. The zero-order valence-corrected chi connectivity index (χ0v) is 11.1. The number of fused-ring (bicyclic) bond motifs is 2. The van der Waals surface area contributed by atoms with Gasteiger partial charge in [0.05, 0.1) is 7.11 Å². The first kappa shape index (κ1) is 12.9. The number of hydrogen-bond acceptors (Lipinski definition) is 3. The Morgan fingerprint density at radius 1 is 1.41 bits per heavy atom. The number of carbonyl (C=O) groups is 1. The fourth-order valence-electron chi connectivity index (χ4n) is 3.53. The summed E-state index contributed by atoms with van der Waals surface area (Å²) in [4.78, 5) is 11.7. The monoisotopic (exact) mass is 239 g/mol. The van der Waals surface area contributed by atoms with Crippen molar-refractivity contribution in [3.05, 3.63) is 0 Å². The fraction of sp³-hybridized carbons (Fsp3) is 0.929. The molecule has 0 aromatic rings. The van der Waals surface area contributed by atoms with E-state index in [1.54, 1.807) is 0 Å². The number of ether oxygens (including phenoxy) is 1. The van der Waals surface area contributed by atoms with Crippen LogP contribution in [0.1, 0.15) is 51.9 Å². The number of nitrogens with one attached hydrogen (secondary N) is 1. The molecule has 0 amide bonds. The van der Waals surface area contributed by atoms with Gasteiger partial charge in [-0.3, -0.25) is 4.79 Å². The topological polar surface area (TPSA) is 38.3 Å². The second-order valence-corrected chi connectivity index (χ2v) is 5.67. The van der Waals surface area contributed by atoms with Crippen molar-refractivity contribution in [2.75, 3.05) is 7.11 Å². The van der Waals surface area contributed by atoms with Crippen molar-refractivity contribution in [3.63, 3.8) is 0 Å². The van der Waals surface area contributed by atoms with Gasteiger partial charge >= 0.3 is 5.97 Å². The quantitative estimate of drug-likeness (QED) is 0.724. The molecule has 3 nitrogen and oxygen atoms in total. The van der Waals surface area contributed by atoms with Crippen LogP contribution in [-0.2, 0) is 9.53 Å². The summed E-state index contributed by atoms with van der Waals surface area (Å²) >= 11 is 0. The van der Waals surface area contributed by atoms with Gasteiger partial charge in [-0.1, -0.05) is 26.2 Å². The van der Waals surface area contributed by atoms with Gasteiger partial charge in [0.1, 0.15) is 6.04 Å². The maximum Gasteiger partial charge on any atom is 0.322 e. The van der Waals surface area contributed by atoms with Crippen molar-refractivity contribution in [1.82, 2.24) is 5.32 Å². The average molecular weight is 239 g/mol. The van der Waals surface area contributed by atoms with E-state index in [1.807, 2.05) is 0 Å². The molecule has 3 heteroatoms. The molecule has 0 aliphatic heterocycles. The molecule has 98 valence electrons. The van der Waals surface area contributed by atoms with Crippen molar-refractivity contribution in [1.29, 1.82) is 0 Å². The summed E-state index contributed by atoms with van der Waals surface area (Å²) in [6, 6.07) is 0.485. The molecule has 2 saturated carbocycles. The molecule has 2 rings (SSSR count). The van der Waals surface area contributed by atoms with Crippen LogP contribution in [0.4, 0.5) is 0 Å². The molecule has 2 aliphatic rings. The highest BCUT2D eigenvalue weighted by Gasteiger charge is 2.40. The minimum atomic E-state index is -0.0822. The molecule has 0 radical (unpaired) electrons. The van der Waals surface area contributed by atoms with Crippen molar-refractivity contribution < 1.29 is 9.53 Å². The van der Waals surface area contributed by atoms with Gasteiger partial charge in [0.2, 0.25) is 0 Å². The number of unbranched alkanes of at least 4 members (excludes halogenated alkanes) is 1. The van der Waals surface area contributed by atoms with Crippen LogP contribution in [0, 0.1) is 11.8 Å². The highest BCUT2D eigenvalue weighted by Crippen LogP contribution is 2.44. The summed E-state index contributed by atoms with van der Waals surface area (Å²) < 4.78 is 4.90. The molecule has 4 unspecified atom stereocenters. The van der Waals surface area contributed by atoms with Gasteiger partial charge in [-0.2, -0.15) is 0 Å². The van der Waals surface area contributed by atoms with Crippen LogP contribution in [0.2, 0.25) is 0 Å². The van der Waals surface area contributed by atoms with Gasteiger partial charge in [0, 0.05) is 6.04 Å². The van der Waals surface area contributed by atoms with Crippen LogP contribution in [0.15, 0.2) is 0 Å². The van der Waals surface area contributed by atoms with Crippen molar-refractivity contribution in [3.8, 4) is 0 Å². The first-order chi connectivity index (χ1) is 8.24. The Bertz CT molecular complexity index is 267. The zero-order chi connectivity index (χ0) is 12.3. The summed E-state index contributed by atoms with van der Waals surface area (Å²) in [6.45, 7) is 2.16. The lowest BCUT2D eigenvalue weighted by atomic mass is 9.94. The van der Waals surface area contributed by atoms with Crippen LogP contribution in [0.25, 0.3) is 0 Å². The first-order valence-corrected chi connectivity index (χ1v) is 7.08. The third-order valence-corrected chi connectivity index (χ3v) is 4.49. The molecule has 0 aromatic carbocycles. The molecule has 2 bridgehead atoms. The number of hydrogen-bond donors (Lipinski definition) is 1. The van der Waals surface area contributed by atoms with Crippen LogP contribution < -0.4 is 5.32 Å². The number of rotatable bonds is 6. The van der Waals surface area contributed by atoms with E-state index in [2.05, 4.69) is 12.2 Å². The molecule has 2 aliphatic carbocycles. The van der Waals surface area contributed by atoms with Gasteiger partial charge in [-0.25, -0.2) is 0 Å². The second-order valence-electron chi connectivity index (χ2n) is 5.67.